The predicted octanol–water partition coefficient (Wildman–Crippen LogP) is 1.29. The fourth-order valence-electron chi connectivity index (χ4n) is 2.54. The zero-order chi connectivity index (χ0) is 15.0. The third-order valence-corrected chi connectivity index (χ3v) is 4.00. The van der Waals surface area contributed by atoms with Crippen molar-refractivity contribution in [3.63, 3.8) is 0 Å². The van der Waals surface area contributed by atoms with Crippen LogP contribution >= 0.6 is 0 Å². The first kappa shape index (κ1) is 16.8. The summed E-state index contributed by atoms with van der Waals surface area (Å²) in [7, 11) is 0. The second-order valence-electron chi connectivity index (χ2n) is 5.51. The third kappa shape index (κ3) is 5.77. The molecule has 1 rings (SSSR count). The van der Waals surface area contributed by atoms with Gasteiger partial charge in [-0.1, -0.05) is 13.3 Å². The Morgan fingerprint density at radius 2 is 2.15 bits per heavy atom. The minimum absolute atomic E-state index is 0.0750. The van der Waals surface area contributed by atoms with Crippen molar-refractivity contribution in [1.82, 2.24) is 10.2 Å². The van der Waals surface area contributed by atoms with Crippen molar-refractivity contribution in [3.8, 4) is 0 Å². The fourth-order valence-corrected chi connectivity index (χ4v) is 2.54. The number of carboxylic acid groups (broad SMARTS) is 1. The predicted molar refractivity (Wildman–Crippen MR) is 75.4 cm³/mol. The monoisotopic (exact) mass is 286 g/mol. The number of urea groups is 1. The highest BCUT2D eigenvalue weighted by atomic mass is 16.4. The largest absolute Gasteiger partial charge is 0.481 e. The number of nitrogens with zero attached hydrogens (tertiary/aromatic N) is 1. The summed E-state index contributed by atoms with van der Waals surface area (Å²) in [4.78, 5) is 24.2. The van der Waals surface area contributed by atoms with Crippen LogP contribution in [0.5, 0.6) is 0 Å². The average Bonchev–Trinajstić information content (AvgIpc) is 2.91. The van der Waals surface area contributed by atoms with Crippen molar-refractivity contribution in [2.45, 2.75) is 39.0 Å². The molecular weight excluding hydrogens is 260 g/mol. The number of likely N-dealkylation sites (tertiary alicyclic amines) is 1. The van der Waals surface area contributed by atoms with Crippen LogP contribution in [0.2, 0.25) is 0 Å². The van der Waals surface area contributed by atoms with Crippen LogP contribution in [0, 0.1) is 11.8 Å². The van der Waals surface area contributed by atoms with E-state index in [0.717, 1.165) is 19.3 Å². The summed E-state index contributed by atoms with van der Waals surface area (Å²) in [6, 6.07) is -0.0750. The lowest BCUT2D eigenvalue weighted by molar-refractivity contribution is -0.137. The van der Waals surface area contributed by atoms with Gasteiger partial charge in [-0.15, -0.1) is 0 Å². The van der Waals surface area contributed by atoms with Gasteiger partial charge in [0.1, 0.15) is 0 Å². The van der Waals surface area contributed by atoms with E-state index in [0.29, 0.717) is 32.0 Å². The molecule has 0 bridgehead atoms. The third-order valence-electron chi connectivity index (χ3n) is 4.00. The number of rotatable bonds is 8. The topological polar surface area (TPSA) is 89.9 Å². The van der Waals surface area contributed by atoms with Gasteiger partial charge in [-0.3, -0.25) is 4.79 Å². The smallest absolute Gasteiger partial charge is 0.317 e. The van der Waals surface area contributed by atoms with Crippen LogP contribution < -0.4 is 5.32 Å². The van der Waals surface area contributed by atoms with Gasteiger partial charge in [-0.2, -0.15) is 0 Å². The molecule has 116 valence electrons. The zero-order valence-corrected chi connectivity index (χ0v) is 12.2. The number of amides is 2. The highest BCUT2D eigenvalue weighted by molar-refractivity contribution is 5.74. The molecule has 0 radical (unpaired) electrons. The molecule has 1 saturated heterocycles. The normalized spacial score (nSPS) is 19.9. The van der Waals surface area contributed by atoms with E-state index >= 15 is 0 Å². The van der Waals surface area contributed by atoms with Gasteiger partial charge >= 0.3 is 12.0 Å². The summed E-state index contributed by atoms with van der Waals surface area (Å²) in [6.07, 6.45) is 3.46. The molecule has 20 heavy (non-hydrogen) atoms. The van der Waals surface area contributed by atoms with Gasteiger partial charge in [0.25, 0.3) is 0 Å². The summed E-state index contributed by atoms with van der Waals surface area (Å²) in [5, 5.41) is 20.6. The standard InChI is InChI=1S/C14H26N2O4/c1-2-11(3-4-13(18)19)5-7-15-14(20)16-8-6-12(9-16)10-17/h11-12,17H,2-10H2,1H3,(H,15,20)(H,18,19). The molecule has 2 amide bonds. The molecule has 0 aromatic carbocycles. The minimum Gasteiger partial charge on any atom is -0.481 e. The minimum atomic E-state index is -0.764. The second-order valence-corrected chi connectivity index (χ2v) is 5.51. The van der Waals surface area contributed by atoms with Gasteiger partial charge in [-0.05, 0) is 25.2 Å². The number of aliphatic hydroxyl groups is 1. The molecule has 1 aliphatic heterocycles. The molecule has 1 aliphatic rings. The SMILES string of the molecule is CCC(CCNC(=O)N1CCC(CO)C1)CCC(=O)O. The van der Waals surface area contributed by atoms with Gasteiger partial charge in [-0.25, -0.2) is 4.79 Å². The maximum absolute atomic E-state index is 11.9. The molecule has 0 saturated carbocycles. The Morgan fingerprint density at radius 3 is 2.70 bits per heavy atom. The summed E-state index contributed by atoms with van der Waals surface area (Å²) in [5.41, 5.74) is 0. The molecule has 1 heterocycles. The molecule has 6 heteroatoms. The van der Waals surface area contributed by atoms with Crippen molar-refractivity contribution >= 4 is 12.0 Å². The molecular formula is C14H26N2O4. The van der Waals surface area contributed by atoms with Gasteiger partial charge < -0.3 is 20.4 Å². The Bertz CT molecular complexity index is 322. The second kappa shape index (κ2) is 8.79. The first-order chi connectivity index (χ1) is 9.56. The number of aliphatic hydroxyl groups excluding tert-OH is 1. The first-order valence-electron chi connectivity index (χ1n) is 7.42. The van der Waals surface area contributed by atoms with E-state index in [1.807, 2.05) is 6.92 Å². The lowest BCUT2D eigenvalue weighted by Crippen LogP contribution is -2.39. The molecule has 3 N–H and O–H groups in total. The van der Waals surface area contributed by atoms with Crippen LogP contribution in [0.3, 0.4) is 0 Å². The Labute approximate surface area is 120 Å². The van der Waals surface area contributed by atoms with Crippen molar-refractivity contribution < 1.29 is 19.8 Å². The lowest BCUT2D eigenvalue weighted by atomic mass is 9.97. The van der Waals surface area contributed by atoms with Crippen LogP contribution in [0.4, 0.5) is 4.79 Å². The van der Waals surface area contributed by atoms with E-state index in [1.165, 1.54) is 0 Å². The van der Waals surface area contributed by atoms with Crippen LogP contribution in [-0.2, 0) is 4.79 Å². The summed E-state index contributed by atoms with van der Waals surface area (Å²) in [5.74, 6) is -0.213. The van der Waals surface area contributed by atoms with E-state index in [1.54, 1.807) is 4.90 Å². The molecule has 6 nitrogen and oxygen atoms in total. The van der Waals surface area contributed by atoms with E-state index in [9.17, 15) is 9.59 Å². The zero-order valence-electron chi connectivity index (χ0n) is 12.2. The van der Waals surface area contributed by atoms with Crippen LogP contribution in [0.15, 0.2) is 0 Å². The molecule has 2 unspecified atom stereocenters. The maximum atomic E-state index is 11.9. The van der Waals surface area contributed by atoms with Gasteiger partial charge in [0, 0.05) is 38.6 Å². The Hall–Kier alpha value is -1.30. The molecule has 0 spiro atoms. The fraction of sp³-hybridized carbons (Fsp3) is 0.857. The van der Waals surface area contributed by atoms with E-state index < -0.39 is 5.97 Å². The molecule has 2 atom stereocenters. The van der Waals surface area contributed by atoms with Crippen LogP contribution in [0.25, 0.3) is 0 Å². The Balaban J connectivity index is 2.18. The van der Waals surface area contributed by atoms with Crippen LogP contribution in [0.1, 0.15) is 39.0 Å². The number of hydrogen-bond acceptors (Lipinski definition) is 3. The number of carboxylic acids is 1. The number of hydrogen-bond donors (Lipinski definition) is 3. The average molecular weight is 286 g/mol. The molecule has 1 fully saturated rings. The molecule has 0 aliphatic carbocycles. The Kier molecular flexibility index (Phi) is 7.36. The quantitative estimate of drug-likeness (QED) is 0.627. The summed E-state index contributed by atoms with van der Waals surface area (Å²) >= 11 is 0. The van der Waals surface area contributed by atoms with Crippen molar-refractivity contribution in [2.75, 3.05) is 26.2 Å². The lowest BCUT2D eigenvalue weighted by Gasteiger charge is -2.19. The highest BCUT2D eigenvalue weighted by Crippen LogP contribution is 2.16. The van der Waals surface area contributed by atoms with Gasteiger partial charge in [0.15, 0.2) is 0 Å². The number of carbonyl (C=O) groups excluding carboxylic acids is 1. The summed E-state index contributed by atoms with van der Waals surface area (Å²) < 4.78 is 0. The molecule has 0 aromatic rings. The Morgan fingerprint density at radius 1 is 1.40 bits per heavy atom. The number of aliphatic carboxylic acids is 1. The first-order valence-corrected chi connectivity index (χ1v) is 7.42. The highest BCUT2D eigenvalue weighted by Gasteiger charge is 2.25. The molecule has 0 aromatic heterocycles. The number of carbonyl (C=O) groups is 2. The van der Waals surface area contributed by atoms with E-state index in [4.69, 9.17) is 10.2 Å². The van der Waals surface area contributed by atoms with E-state index in [-0.39, 0.29) is 25.0 Å². The maximum Gasteiger partial charge on any atom is 0.317 e. The van der Waals surface area contributed by atoms with Gasteiger partial charge in [0.2, 0.25) is 0 Å². The van der Waals surface area contributed by atoms with Crippen molar-refractivity contribution in [3.05, 3.63) is 0 Å². The number of nitrogens with one attached hydrogen (secondary N) is 1. The summed E-state index contributed by atoms with van der Waals surface area (Å²) in [6.45, 7) is 4.08. The van der Waals surface area contributed by atoms with Gasteiger partial charge in [0.05, 0.1) is 0 Å². The van der Waals surface area contributed by atoms with E-state index in [2.05, 4.69) is 5.32 Å². The van der Waals surface area contributed by atoms with Crippen molar-refractivity contribution in [2.24, 2.45) is 11.8 Å². The van der Waals surface area contributed by atoms with Crippen molar-refractivity contribution in [1.29, 1.82) is 0 Å². The van der Waals surface area contributed by atoms with Crippen LogP contribution in [-0.4, -0.2) is 53.4 Å².